The molecule has 3 aliphatic carbocycles. The van der Waals surface area contributed by atoms with Crippen molar-refractivity contribution in [3.8, 4) is 0 Å². The van der Waals surface area contributed by atoms with E-state index in [-0.39, 0.29) is 38.0 Å². The lowest BCUT2D eigenvalue weighted by atomic mass is 9.54. The average Bonchev–Trinajstić information content (AvgIpc) is 3.16. The fraction of sp³-hybridized carbons (Fsp3) is 0.806. The SMILES string of the molecule is C=C1/C(=C\C=C2/CCC[C@@]3(C)C2CCC3[C@](C)(CCCC(C)(C)O)CC(O)(C(F)(F)F)C(F)(F)F)C[C@@H](O)C[C@@H]1F. The summed E-state index contributed by atoms with van der Waals surface area (Å²) in [6, 6.07) is 0. The molecule has 0 spiro atoms. The molecule has 0 radical (unpaired) electrons. The molecule has 3 saturated carbocycles. The Morgan fingerprint density at radius 2 is 1.59 bits per heavy atom. The molecule has 3 aliphatic rings. The predicted octanol–water partition coefficient (Wildman–Crippen LogP) is 8.30. The van der Waals surface area contributed by atoms with E-state index in [1.807, 2.05) is 13.0 Å². The number of halogens is 7. The Bertz CT molecular complexity index is 1010. The van der Waals surface area contributed by atoms with E-state index in [2.05, 4.69) is 6.58 Å². The second kappa shape index (κ2) is 11.6. The van der Waals surface area contributed by atoms with E-state index in [1.165, 1.54) is 20.8 Å². The second-order valence-corrected chi connectivity index (χ2v) is 13.9. The van der Waals surface area contributed by atoms with Crippen molar-refractivity contribution in [3.05, 3.63) is 35.5 Å². The summed E-state index contributed by atoms with van der Waals surface area (Å²) in [7, 11) is 0. The van der Waals surface area contributed by atoms with Crippen LogP contribution in [-0.2, 0) is 0 Å². The van der Waals surface area contributed by atoms with Crippen LogP contribution in [0.4, 0.5) is 30.7 Å². The molecule has 41 heavy (non-hydrogen) atoms. The van der Waals surface area contributed by atoms with Crippen LogP contribution < -0.4 is 0 Å². The topological polar surface area (TPSA) is 60.7 Å². The minimum atomic E-state index is -5.91. The van der Waals surface area contributed by atoms with Gasteiger partial charge in [0.1, 0.15) is 6.17 Å². The van der Waals surface area contributed by atoms with Crippen LogP contribution in [0.25, 0.3) is 0 Å². The number of hydrogen-bond acceptors (Lipinski definition) is 3. The minimum Gasteiger partial charge on any atom is -0.393 e. The van der Waals surface area contributed by atoms with Crippen molar-refractivity contribution in [2.75, 3.05) is 0 Å². The van der Waals surface area contributed by atoms with Crippen molar-refractivity contribution < 1.29 is 46.1 Å². The summed E-state index contributed by atoms with van der Waals surface area (Å²) in [5.41, 5.74) is -6.22. The smallest absolute Gasteiger partial charge is 0.393 e. The molecule has 3 fully saturated rings. The van der Waals surface area contributed by atoms with Crippen molar-refractivity contribution >= 4 is 0 Å². The molecule has 6 atom stereocenters. The molecule has 0 saturated heterocycles. The largest absolute Gasteiger partial charge is 0.426 e. The average molecular weight is 599 g/mol. The molecule has 0 bridgehead atoms. The van der Waals surface area contributed by atoms with Gasteiger partial charge in [0.2, 0.25) is 0 Å². The number of allylic oxidation sites excluding steroid dienone is 4. The van der Waals surface area contributed by atoms with E-state index in [9.17, 15) is 46.1 Å². The lowest BCUT2D eigenvalue weighted by Crippen LogP contribution is -2.60. The van der Waals surface area contributed by atoms with Crippen LogP contribution in [0.1, 0.15) is 98.3 Å². The van der Waals surface area contributed by atoms with Gasteiger partial charge >= 0.3 is 12.4 Å². The Morgan fingerprint density at radius 1 is 0.976 bits per heavy atom. The highest BCUT2D eigenvalue weighted by Crippen LogP contribution is 2.65. The monoisotopic (exact) mass is 598 g/mol. The molecular weight excluding hydrogens is 553 g/mol. The highest BCUT2D eigenvalue weighted by atomic mass is 19.4. The third-order valence-corrected chi connectivity index (χ3v) is 10.2. The van der Waals surface area contributed by atoms with Crippen molar-refractivity contribution in [3.63, 3.8) is 0 Å². The van der Waals surface area contributed by atoms with Gasteiger partial charge in [0.15, 0.2) is 0 Å². The standard InChI is InChI=1S/C31H45F7O3/c1-19-21(16-22(39)17-24(19)32)10-9-20-8-6-15-28(5)23(20)11-12-25(28)27(4,14-7-13-26(2,3)40)18-29(41,30(33,34)35)31(36,37)38/h9-10,22-25,39-41H,1,6-8,11-18H2,2-5H3/b20-9+,21-10-/t22-,23?,24+,25?,27-,28+/m1/s1. The Hall–Kier alpha value is -1.39. The number of aliphatic hydroxyl groups is 3. The Morgan fingerprint density at radius 3 is 2.15 bits per heavy atom. The quantitative estimate of drug-likeness (QED) is 0.246. The fourth-order valence-electron chi connectivity index (χ4n) is 8.07. The first-order valence-electron chi connectivity index (χ1n) is 14.5. The third kappa shape index (κ3) is 7.06. The first-order chi connectivity index (χ1) is 18.5. The molecule has 236 valence electrons. The minimum absolute atomic E-state index is 0.0105. The number of alkyl halides is 7. The van der Waals surface area contributed by atoms with Crippen LogP contribution in [0.2, 0.25) is 0 Å². The summed E-state index contributed by atoms with van der Waals surface area (Å²) in [6.45, 7) is 10.3. The Kier molecular flexibility index (Phi) is 9.65. The van der Waals surface area contributed by atoms with Gasteiger partial charge in [0.05, 0.1) is 11.7 Å². The molecule has 2 unspecified atom stereocenters. The van der Waals surface area contributed by atoms with Crippen LogP contribution in [0.3, 0.4) is 0 Å². The zero-order valence-electron chi connectivity index (χ0n) is 24.4. The van der Waals surface area contributed by atoms with Gasteiger partial charge in [-0.05, 0) is 105 Å². The van der Waals surface area contributed by atoms with Gasteiger partial charge < -0.3 is 15.3 Å². The number of hydrogen-bond donors (Lipinski definition) is 3. The Balaban J connectivity index is 1.99. The maximum Gasteiger partial charge on any atom is 0.426 e. The second-order valence-electron chi connectivity index (χ2n) is 13.9. The van der Waals surface area contributed by atoms with E-state index < -0.39 is 59.0 Å². The van der Waals surface area contributed by atoms with E-state index in [0.29, 0.717) is 43.3 Å². The zero-order valence-corrected chi connectivity index (χ0v) is 24.4. The first-order valence-corrected chi connectivity index (χ1v) is 14.5. The van der Waals surface area contributed by atoms with Gasteiger partial charge in [0.25, 0.3) is 5.60 Å². The van der Waals surface area contributed by atoms with Gasteiger partial charge in [0, 0.05) is 6.42 Å². The van der Waals surface area contributed by atoms with Crippen molar-refractivity contribution in [2.24, 2.45) is 22.7 Å². The molecule has 0 aliphatic heterocycles. The lowest BCUT2D eigenvalue weighted by molar-refractivity contribution is -0.378. The maximum absolute atomic E-state index is 14.3. The van der Waals surface area contributed by atoms with Crippen molar-refractivity contribution in [2.45, 2.75) is 134 Å². The molecule has 0 heterocycles. The van der Waals surface area contributed by atoms with Crippen molar-refractivity contribution in [1.29, 1.82) is 0 Å². The predicted molar refractivity (Wildman–Crippen MR) is 144 cm³/mol. The first kappa shape index (κ1) is 34.1. The Labute approximate surface area is 238 Å². The van der Waals surface area contributed by atoms with E-state index in [1.54, 1.807) is 6.08 Å². The number of rotatable bonds is 8. The maximum atomic E-state index is 14.3. The highest BCUT2D eigenvalue weighted by molar-refractivity contribution is 5.39. The molecule has 0 amide bonds. The molecule has 0 aromatic heterocycles. The summed E-state index contributed by atoms with van der Waals surface area (Å²) in [4.78, 5) is 0. The van der Waals surface area contributed by atoms with Gasteiger partial charge in [-0.3, -0.25) is 0 Å². The summed E-state index contributed by atoms with van der Waals surface area (Å²) in [5, 5.41) is 30.5. The third-order valence-electron chi connectivity index (χ3n) is 10.2. The summed E-state index contributed by atoms with van der Waals surface area (Å²) in [5.74, 6) is -0.643. The van der Waals surface area contributed by atoms with Gasteiger partial charge in [-0.15, -0.1) is 0 Å². The van der Waals surface area contributed by atoms with Crippen molar-refractivity contribution in [1.82, 2.24) is 0 Å². The zero-order chi connectivity index (χ0) is 31.2. The van der Waals surface area contributed by atoms with Gasteiger partial charge in [-0.25, -0.2) is 4.39 Å². The van der Waals surface area contributed by atoms with Crippen LogP contribution in [0.5, 0.6) is 0 Å². The summed E-state index contributed by atoms with van der Waals surface area (Å²) in [6.07, 6.45) is -8.26. The van der Waals surface area contributed by atoms with Gasteiger partial charge in [-0.2, -0.15) is 26.3 Å². The fourth-order valence-corrected chi connectivity index (χ4v) is 8.07. The van der Waals surface area contributed by atoms with E-state index >= 15 is 0 Å². The molecular formula is C31H45F7O3. The molecule has 3 nitrogen and oxygen atoms in total. The van der Waals surface area contributed by atoms with Crippen LogP contribution in [-0.4, -0.2) is 51.1 Å². The lowest BCUT2D eigenvalue weighted by Gasteiger charge is -2.51. The van der Waals surface area contributed by atoms with Crippen LogP contribution in [0.15, 0.2) is 35.5 Å². The normalized spacial score (nSPS) is 33.8. The summed E-state index contributed by atoms with van der Waals surface area (Å²) < 4.78 is 97.7. The number of fused-ring (bicyclic) bond motifs is 1. The molecule has 10 heteroatoms. The molecule has 0 aromatic carbocycles. The molecule has 3 N–H and O–H groups in total. The highest BCUT2D eigenvalue weighted by Gasteiger charge is 2.72. The number of aliphatic hydroxyl groups excluding tert-OH is 1. The van der Waals surface area contributed by atoms with Crippen LogP contribution in [0, 0.1) is 22.7 Å². The van der Waals surface area contributed by atoms with Gasteiger partial charge in [-0.1, -0.05) is 44.6 Å². The summed E-state index contributed by atoms with van der Waals surface area (Å²) >= 11 is 0. The molecule has 3 rings (SSSR count). The van der Waals surface area contributed by atoms with E-state index in [0.717, 1.165) is 5.57 Å². The molecule has 0 aromatic rings. The van der Waals surface area contributed by atoms with E-state index in [4.69, 9.17) is 0 Å². The van der Waals surface area contributed by atoms with Crippen LogP contribution >= 0.6 is 0 Å².